The van der Waals surface area contributed by atoms with Gasteiger partial charge in [0, 0.05) is 51.4 Å². The first-order chi connectivity index (χ1) is 16.1. The van der Waals surface area contributed by atoms with Gasteiger partial charge in [-0.1, -0.05) is 51.1 Å². The van der Waals surface area contributed by atoms with Crippen LogP contribution in [0.25, 0.3) is 0 Å². The molecule has 1 aromatic rings. The quantitative estimate of drug-likeness (QED) is 0.426. The molecule has 0 radical (unpaired) electrons. The van der Waals surface area contributed by atoms with Crippen molar-refractivity contribution < 1.29 is 34.3 Å². The lowest BCUT2D eigenvalue weighted by Gasteiger charge is -2.35. The van der Waals surface area contributed by atoms with E-state index in [-0.39, 0.29) is 25.0 Å². The van der Waals surface area contributed by atoms with Crippen LogP contribution in [0.3, 0.4) is 0 Å². The summed E-state index contributed by atoms with van der Waals surface area (Å²) in [5.74, 6) is -0.722. The molecule has 1 aliphatic heterocycles. The van der Waals surface area contributed by atoms with Crippen molar-refractivity contribution in [3.05, 3.63) is 47.0 Å². The molecule has 2 rings (SSSR count). The van der Waals surface area contributed by atoms with Gasteiger partial charge in [-0.25, -0.2) is 4.79 Å². The molecule has 0 saturated heterocycles. The average molecular weight is 479 g/mol. The SMILES string of the molecule is CCC(C=C(C)C1CC(OC)CC(O)C(C)(C)c2cccc(c2)CC(O)C(OC)C(=O)O1)CO. The number of ether oxygens (including phenoxy) is 3. The van der Waals surface area contributed by atoms with E-state index in [1.54, 1.807) is 7.11 Å². The molecular formula is C27H42O7. The molecule has 192 valence electrons. The molecule has 0 aromatic heterocycles. The molecule has 0 saturated carbocycles. The number of carbonyl (C=O) groups excluding carboxylic acids is 1. The third kappa shape index (κ3) is 7.12. The maximum absolute atomic E-state index is 13.1. The predicted molar refractivity (Wildman–Crippen MR) is 131 cm³/mol. The highest BCUT2D eigenvalue weighted by atomic mass is 16.6. The van der Waals surface area contributed by atoms with Crippen molar-refractivity contribution in [1.82, 2.24) is 0 Å². The fourth-order valence-corrected chi connectivity index (χ4v) is 4.43. The zero-order valence-electron chi connectivity index (χ0n) is 21.4. The number of aliphatic hydroxyl groups excluding tert-OH is 3. The fourth-order valence-electron chi connectivity index (χ4n) is 4.43. The molecule has 1 heterocycles. The Morgan fingerprint density at radius 2 is 1.94 bits per heavy atom. The van der Waals surface area contributed by atoms with Gasteiger partial charge in [-0.3, -0.25) is 0 Å². The van der Waals surface area contributed by atoms with E-state index in [1.165, 1.54) is 7.11 Å². The molecule has 0 spiro atoms. The number of hydrogen-bond donors (Lipinski definition) is 3. The molecule has 0 amide bonds. The lowest BCUT2D eigenvalue weighted by molar-refractivity contribution is -0.167. The number of benzene rings is 1. The molecule has 7 nitrogen and oxygen atoms in total. The van der Waals surface area contributed by atoms with E-state index < -0.39 is 35.8 Å². The third-order valence-corrected chi connectivity index (χ3v) is 7.10. The highest BCUT2D eigenvalue weighted by Crippen LogP contribution is 2.32. The van der Waals surface area contributed by atoms with Crippen LogP contribution in [0.4, 0.5) is 0 Å². The van der Waals surface area contributed by atoms with Gasteiger partial charge in [0.05, 0.1) is 18.3 Å². The molecule has 6 atom stereocenters. The van der Waals surface area contributed by atoms with Gasteiger partial charge in [0.1, 0.15) is 6.10 Å². The van der Waals surface area contributed by atoms with Gasteiger partial charge in [0.2, 0.25) is 0 Å². The van der Waals surface area contributed by atoms with Crippen LogP contribution in [0.2, 0.25) is 0 Å². The monoisotopic (exact) mass is 478 g/mol. The second-order valence-corrected chi connectivity index (χ2v) is 9.88. The minimum absolute atomic E-state index is 0.00767. The summed E-state index contributed by atoms with van der Waals surface area (Å²) in [4.78, 5) is 13.1. The smallest absolute Gasteiger partial charge is 0.338 e. The van der Waals surface area contributed by atoms with E-state index in [2.05, 4.69) is 0 Å². The van der Waals surface area contributed by atoms with Crippen LogP contribution in [0, 0.1) is 5.92 Å². The van der Waals surface area contributed by atoms with Crippen molar-refractivity contribution >= 4 is 5.97 Å². The van der Waals surface area contributed by atoms with E-state index in [1.807, 2.05) is 58.0 Å². The Balaban J connectivity index is 2.50. The summed E-state index contributed by atoms with van der Waals surface area (Å²) in [6, 6.07) is 7.69. The molecule has 0 fully saturated rings. The lowest BCUT2D eigenvalue weighted by Crippen LogP contribution is -2.42. The highest BCUT2D eigenvalue weighted by Gasteiger charge is 2.36. The number of esters is 1. The molecule has 1 aliphatic rings. The standard InChI is InChI=1S/C27H42O7/c1-7-18(16-28)11-17(2)23-14-21(32-5)15-24(30)27(3,4)20-10-8-9-19(12-20)13-22(29)25(33-6)26(31)34-23/h8-12,18,21-25,28-30H,7,13-16H2,1-6H3. The number of aliphatic hydroxyl groups is 3. The molecule has 6 unspecified atom stereocenters. The molecule has 3 N–H and O–H groups in total. The van der Waals surface area contributed by atoms with Crippen molar-refractivity contribution in [2.24, 2.45) is 5.92 Å². The average Bonchev–Trinajstić information content (AvgIpc) is 2.81. The predicted octanol–water partition coefficient (Wildman–Crippen LogP) is 2.93. The summed E-state index contributed by atoms with van der Waals surface area (Å²) in [5.41, 5.74) is 1.99. The van der Waals surface area contributed by atoms with Gasteiger partial charge in [-0.15, -0.1) is 0 Å². The Bertz CT molecular complexity index is 815. The zero-order chi connectivity index (χ0) is 25.5. The first-order valence-electron chi connectivity index (χ1n) is 12.1. The van der Waals surface area contributed by atoms with E-state index >= 15 is 0 Å². The van der Waals surface area contributed by atoms with E-state index in [0.717, 1.165) is 23.1 Å². The van der Waals surface area contributed by atoms with Gasteiger partial charge in [-0.05, 0) is 30.0 Å². The Kier molecular flexibility index (Phi) is 10.7. The maximum Gasteiger partial charge on any atom is 0.338 e. The van der Waals surface area contributed by atoms with Crippen molar-refractivity contribution in [2.45, 2.75) is 89.3 Å². The van der Waals surface area contributed by atoms with E-state index in [9.17, 15) is 20.1 Å². The summed E-state index contributed by atoms with van der Waals surface area (Å²) in [6.07, 6.45) is -0.475. The van der Waals surface area contributed by atoms with Crippen LogP contribution >= 0.6 is 0 Å². The molecule has 0 aliphatic carbocycles. The van der Waals surface area contributed by atoms with Gasteiger partial charge < -0.3 is 29.5 Å². The minimum Gasteiger partial charge on any atom is -0.456 e. The molecule has 7 heteroatoms. The van der Waals surface area contributed by atoms with Crippen molar-refractivity contribution in [1.29, 1.82) is 0 Å². The first kappa shape index (κ1) is 28.5. The summed E-state index contributed by atoms with van der Waals surface area (Å²) < 4.78 is 16.9. The van der Waals surface area contributed by atoms with Crippen LogP contribution in [-0.4, -0.2) is 72.6 Å². The first-order valence-corrected chi connectivity index (χ1v) is 12.1. The number of cyclic esters (lactones) is 1. The highest BCUT2D eigenvalue weighted by molar-refractivity contribution is 5.76. The van der Waals surface area contributed by atoms with Gasteiger partial charge >= 0.3 is 5.97 Å². The summed E-state index contributed by atoms with van der Waals surface area (Å²) in [6.45, 7) is 7.80. The second kappa shape index (κ2) is 12.8. The Morgan fingerprint density at radius 1 is 1.24 bits per heavy atom. The topological polar surface area (TPSA) is 105 Å². The van der Waals surface area contributed by atoms with E-state index in [4.69, 9.17) is 14.2 Å². The lowest BCUT2D eigenvalue weighted by atomic mass is 9.76. The third-order valence-electron chi connectivity index (χ3n) is 7.10. The largest absolute Gasteiger partial charge is 0.456 e. The summed E-state index contributed by atoms with van der Waals surface area (Å²) in [7, 11) is 2.96. The molecule has 34 heavy (non-hydrogen) atoms. The molecule has 2 bridgehead atoms. The Hall–Kier alpha value is -1.77. The van der Waals surface area contributed by atoms with Crippen molar-refractivity contribution in [3.63, 3.8) is 0 Å². The van der Waals surface area contributed by atoms with Crippen LogP contribution in [-0.2, 0) is 30.8 Å². The van der Waals surface area contributed by atoms with Crippen LogP contribution in [0.5, 0.6) is 0 Å². The molecule has 1 aromatic carbocycles. The minimum atomic E-state index is -1.15. The van der Waals surface area contributed by atoms with Crippen LogP contribution in [0.1, 0.15) is 58.1 Å². The maximum atomic E-state index is 13.1. The second-order valence-electron chi connectivity index (χ2n) is 9.88. The zero-order valence-corrected chi connectivity index (χ0v) is 21.4. The summed E-state index contributed by atoms with van der Waals surface area (Å²) in [5, 5.41) is 31.7. The number of rotatable bonds is 6. The van der Waals surface area contributed by atoms with Crippen molar-refractivity contribution in [3.8, 4) is 0 Å². The Morgan fingerprint density at radius 3 is 2.53 bits per heavy atom. The number of carbonyl (C=O) groups is 1. The molecular weight excluding hydrogens is 436 g/mol. The van der Waals surface area contributed by atoms with E-state index in [0.29, 0.717) is 12.8 Å². The number of hydrogen-bond acceptors (Lipinski definition) is 7. The number of fused-ring (bicyclic) bond motifs is 2. The van der Waals surface area contributed by atoms with Gasteiger partial charge in [-0.2, -0.15) is 0 Å². The van der Waals surface area contributed by atoms with Crippen LogP contribution in [0.15, 0.2) is 35.9 Å². The Labute approximate surface area is 203 Å². The fraction of sp³-hybridized carbons (Fsp3) is 0.667. The normalized spacial score (nSPS) is 29.7. The van der Waals surface area contributed by atoms with Crippen LogP contribution < -0.4 is 0 Å². The van der Waals surface area contributed by atoms with Gasteiger partial charge in [0.15, 0.2) is 6.10 Å². The number of methoxy groups -OCH3 is 2. The summed E-state index contributed by atoms with van der Waals surface area (Å²) >= 11 is 0. The van der Waals surface area contributed by atoms with Gasteiger partial charge in [0.25, 0.3) is 0 Å². The van der Waals surface area contributed by atoms with Crippen molar-refractivity contribution in [2.75, 3.05) is 20.8 Å².